The molecule has 7 heteroatoms. The molecule has 0 radical (unpaired) electrons. The molecule has 1 aliphatic heterocycles. The highest BCUT2D eigenvalue weighted by atomic mass is 19.4. The van der Waals surface area contributed by atoms with Crippen LogP contribution in [0, 0.1) is 12.3 Å². The molecule has 1 unspecified atom stereocenters. The Labute approximate surface area is 126 Å². The first-order chi connectivity index (χ1) is 10.3. The molecule has 0 aliphatic carbocycles. The minimum atomic E-state index is -5.08. The van der Waals surface area contributed by atoms with Crippen LogP contribution in [0.3, 0.4) is 0 Å². The zero-order valence-corrected chi connectivity index (χ0v) is 11.7. The molecular formula is C15H16F3NO3. The van der Waals surface area contributed by atoms with Crippen LogP contribution in [-0.2, 0) is 16.0 Å². The quantitative estimate of drug-likeness (QED) is 0.818. The first-order valence-electron chi connectivity index (χ1n) is 6.44. The average molecular weight is 315 g/mol. The van der Waals surface area contributed by atoms with Gasteiger partial charge in [0.15, 0.2) is 0 Å². The minimum absolute atomic E-state index is 0.320. The van der Waals surface area contributed by atoms with E-state index in [4.69, 9.17) is 21.1 Å². The Morgan fingerprint density at radius 2 is 2.00 bits per heavy atom. The van der Waals surface area contributed by atoms with Crippen LogP contribution in [0.1, 0.15) is 5.56 Å². The number of nitrogens with one attached hydrogen (secondary N) is 1. The van der Waals surface area contributed by atoms with E-state index in [1.54, 1.807) is 0 Å². The van der Waals surface area contributed by atoms with Crippen molar-refractivity contribution in [2.75, 3.05) is 19.8 Å². The van der Waals surface area contributed by atoms with Gasteiger partial charge in [-0.3, -0.25) is 5.32 Å². The third-order valence-electron chi connectivity index (χ3n) is 2.93. The lowest BCUT2D eigenvalue weighted by Gasteiger charge is -2.33. The molecule has 1 heterocycles. The number of ether oxygens (including phenoxy) is 1. The van der Waals surface area contributed by atoms with Crippen LogP contribution in [0.4, 0.5) is 13.2 Å². The summed E-state index contributed by atoms with van der Waals surface area (Å²) in [6, 6.07) is 10.3. The second kappa shape index (κ2) is 7.82. The third kappa shape index (κ3) is 5.76. The Hall–Kier alpha value is -2.04. The predicted octanol–water partition coefficient (Wildman–Crippen LogP) is 1.85. The molecule has 22 heavy (non-hydrogen) atoms. The second-order valence-electron chi connectivity index (χ2n) is 4.67. The van der Waals surface area contributed by atoms with E-state index in [0.717, 1.165) is 19.6 Å². The maximum absolute atomic E-state index is 10.6. The number of benzene rings is 1. The second-order valence-corrected chi connectivity index (χ2v) is 4.67. The standard InChI is InChI=1S/C13H15NO.C2HF3O2/c1-2-13(11-15-9-8-14-13)10-12-6-4-3-5-7-12;3-2(4,5)1(6)7/h1,3-7,14H,8-11H2;(H,6,7). The molecule has 0 aromatic heterocycles. The Kier molecular flexibility index (Phi) is 6.40. The van der Waals surface area contributed by atoms with Gasteiger partial charge in [0.05, 0.1) is 13.2 Å². The van der Waals surface area contributed by atoms with Crippen molar-refractivity contribution >= 4 is 5.97 Å². The topological polar surface area (TPSA) is 58.6 Å². The van der Waals surface area contributed by atoms with Crippen molar-refractivity contribution in [3.63, 3.8) is 0 Å². The lowest BCUT2D eigenvalue weighted by Crippen LogP contribution is -2.54. The van der Waals surface area contributed by atoms with Gasteiger partial charge in [0.25, 0.3) is 0 Å². The summed E-state index contributed by atoms with van der Waals surface area (Å²) in [5.74, 6) is 0.0728. The minimum Gasteiger partial charge on any atom is -0.475 e. The number of hydrogen-bond donors (Lipinski definition) is 2. The number of carbonyl (C=O) groups is 1. The molecule has 0 spiro atoms. The normalized spacial score (nSPS) is 21.2. The van der Waals surface area contributed by atoms with Crippen molar-refractivity contribution in [2.24, 2.45) is 0 Å². The number of aliphatic carboxylic acids is 1. The van der Waals surface area contributed by atoms with Crippen LogP contribution < -0.4 is 5.32 Å². The maximum atomic E-state index is 10.6. The van der Waals surface area contributed by atoms with E-state index < -0.39 is 12.1 Å². The fourth-order valence-corrected chi connectivity index (χ4v) is 1.86. The van der Waals surface area contributed by atoms with E-state index in [0.29, 0.717) is 6.61 Å². The summed E-state index contributed by atoms with van der Waals surface area (Å²) in [5, 5.41) is 10.5. The van der Waals surface area contributed by atoms with E-state index in [9.17, 15) is 13.2 Å². The van der Waals surface area contributed by atoms with Crippen LogP contribution in [0.2, 0.25) is 0 Å². The van der Waals surface area contributed by atoms with Crippen LogP contribution in [0.25, 0.3) is 0 Å². The van der Waals surface area contributed by atoms with E-state index >= 15 is 0 Å². The van der Waals surface area contributed by atoms with Crippen molar-refractivity contribution in [3.05, 3.63) is 35.9 Å². The number of carboxylic acids is 1. The summed E-state index contributed by atoms with van der Waals surface area (Å²) in [6.07, 6.45) is 1.33. The van der Waals surface area contributed by atoms with Gasteiger partial charge < -0.3 is 9.84 Å². The van der Waals surface area contributed by atoms with E-state index in [-0.39, 0.29) is 5.54 Å². The molecule has 0 amide bonds. The smallest absolute Gasteiger partial charge is 0.475 e. The monoisotopic (exact) mass is 315 g/mol. The zero-order valence-electron chi connectivity index (χ0n) is 11.7. The molecule has 2 N–H and O–H groups in total. The van der Waals surface area contributed by atoms with Crippen molar-refractivity contribution in [3.8, 4) is 12.3 Å². The average Bonchev–Trinajstić information content (AvgIpc) is 2.49. The number of morpholine rings is 1. The van der Waals surface area contributed by atoms with Gasteiger partial charge in [-0.1, -0.05) is 36.3 Å². The lowest BCUT2D eigenvalue weighted by molar-refractivity contribution is -0.192. The van der Waals surface area contributed by atoms with Gasteiger partial charge in [0.2, 0.25) is 0 Å². The van der Waals surface area contributed by atoms with Gasteiger partial charge in [0.1, 0.15) is 5.54 Å². The number of hydrogen-bond acceptors (Lipinski definition) is 3. The van der Waals surface area contributed by atoms with Crippen LogP contribution in [-0.4, -0.2) is 42.5 Å². The van der Waals surface area contributed by atoms with Crippen LogP contribution in [0.15, 0.2) is 30.3 Å². The van der Waals surface area contributed by atoms with Gasteiger partial charge in [-0.05, 0) is 5.56 Å². The van der Waals surface area contributed by atoms with E-state index in [2.05, 4.69) is 23.4 Å². The molecule has 120 valence electrons. The highest BCUT2D eigenvalue weighted by Crippen LogP contribution is 2.16. The molecule has 1 fully saturated rings. The Morgan fingerprint density at radius 3 is 2.41 bits per heavy atom. The third-order valence-corrected chi connectivity index (χ3v) is 2.93. The molecule has 1 aromatic rings. The fraction of sp³-hybridized carbons (Fsp3) is 0.400. The molecule has 2 rings (SSSR count). The SMILES string of the molecule is C#CC1(Cc2ccccc2)COCCN1.O=C(O)C(F)(F)F. The van der Waals surface area contributed by atoms with Crippen molar-refractivity contribution in [2.45, 2.75) is 18.1 Å². The molecule has 4 nitrogen and oxygen atoms in total. The lowest BCUT2D eigenvalue weighted by atomic mass is 9.91. The van der Waals surface area contributed by atoms with Crippen molar-refractivity contribution in [1.29, 1.82) is 0 Å². The van der Waals surface area contributed by atoms with Gasteiger partial charge in [-0.15, -0.1) is 6.42 Å². The summed E-state index contributed by atoms with van der Waals surface area (Å²) in [4.78, 5) is 8.90. The first-order valence-corrected chi connectivity index (χ1v) is 6.44. The number of rotatable bonds is 2. The van der Waals surface area contributed by atoms with Gasteiger partial charge in [-0.25, -0.2) is 4.79 Å². The Bertz CT molecular complexity index is 517. The maximum Gasteiger partial charge on any atom is 0.490 e. The van der Waals surface area contributed by atoms with Crippen molar-refractivity contribution in [1.82, 2.24) is 5.32 Å². The van der Waals surface area contributed by atoms with Crippen LogP contribution in [0.5, 0.6) is 0 Å². The molecule has 1 saturated heterocycles. The fourth-order valence-electron chi connectivity index (χ4n) is 1.86. The molecule has 0 saturated carbocycles. The summed E-state index contributed by atoms with van der Waals surface area (Å²) in [5.41, 5.74) is 0.924. The number of carboxylic acid groups (broad SMARTS) is 1. The van der Waals surface area contributed by atoms with E-state index in [1.165, 1.54) is 5.56 Å². The number of terminal acetylenes is 1. The van der Waals surface area contributed by atoms with Gasteiger partial charge in [0, 0.05) is 13.0 Å². The van der Waals surface area contributed by atoms with Crippen molar-refractivity contribution < 1.29 is 27.8 Å². The molecule has 1 atom stereocenters. The first kappa shape index (κ1) is 18.0. The van der Waals surface area contributed by atoms with Gasteiger partial charge >= 0.3 is 12.1 Å². The Morgan fingerprint density at radius 1 is 1.41 bits per heavy atom. The Balaban J connectivity index is 0.000000295. The van der Waals surface area contributed by atoms with Crippen LogP contribution >= 0.6 is 0 Å². The largest absolute Gasteiger partial charge is 0.490 e. The number of alkyl halides is 3. The predicted molar refractivity (Wildman–Crippen MR) is 74.2 cm³/mol. The highest BCUT2D eigenvalue weighted by molar-refractivity contribution is 5.73. The van der Waals surface area contributed by atoms with Gasteiger partial charge in [-0.2, -0.15) is 13.2 Å². The molecular weight excluding hydrogens is 299 g/mol. The molecule has 1 aromatic carbocycles. The summed E-state index contributed by atoms with van der Waals surface area (Å²) < 4.78 is 37.2. The summed E-state index contributed by atoms with van der Waals surface area (Å²) in [7, 11) is 0. The van der Waals surface area contributed by atoms with E-state index in [1.807, 2.05) is 18.2 Å². The number of halogens is 3. The molecule has 1 aliphatic rings. The zero-order chi connectivity index (χ0) is 16.6. The highest BCUT2D eigenvalue weighted by Gasteiger charge is 2.38. The summed E-state index contributed by atoms with van der Waals surface area (Å²) >= 11 is 0. The summed E-state index contributed by atoms with van der Waals surface area (Å²) in [6.45, 7) is 2.17. The molecule has 0 bridgehead atoms.